The molecule has 0 aromatic rings. The second kappa shape index (κ2) is 4.94. The normalized spacial score (nSPS) is 14.4. The summed E-state index contributed by atoms with van der Waals surface area (Å²) in [6.45, 7) is 3.96. The predicted molar refractivity (Wildman–Crippen MR) is 47.3 cm³/mol. The van der Waals surface area contributed by atoms with Gasteiger partial charge in [-0.25, -0.2) is 0 Å². The monoisotopic (exact) mass is 155 g/mol. The van der Waals surface area contributed by atoms with E-state index in [-0.39, 0.29) is 5.92 Å². The fourth-order valence-corrected chi connectivity index (χ4v) is 0.595. The van der Waals surface area contributed by atoms with E-state index in [1.807, 2.05) is 32.8 Å². The summed E-state index contributed by atoms with van der Waals surface area (Å²) in [5, 5.41) is 0. The van der Waals surface area contributed by atoms with Crippen LogP contribution in [0.15, 0.2) is 11.8 Å². The summed E-state index contributed by atoms with van der Waals surface area (Å²) in [6.07, 6.45) is 3.91. The molecule has 0 aromatic heterocycles. The first-order chi connectivity index (χ1) is 5.07. The van der Waals surface area contributed by atoms with Crippen LogP contribution < -0.4 is 0 Å². The van der Waals surface area contributed by atoms with Crippen molar-refractivity contribution in [2.24, 2.45) is 5.92 Å². The number of carbonyl (C=O) groups excluding carboxylic acids is 1. The zero-order valence-electron chi connectivity index (χ0n) is 7.79. The highest BCUT2D eigenvalue weighted by atomic mass is 16.1. The van der Waals surface area contributed by atoms with E-state index in [1.54, 1.807) is 0 Å². The zero-order chi connectivity index (χ0) is 8.85. The van der Waals surface area contributed by atoms with Gasteiger partial charge in [-0.05, 0) is 13.3 Å². The number of hydrogen-bond acceptors (Lipinski definition) is 2. The van der Waals surface area contributed by atoms with E-state index in [4.69, 9.17) is 0 Å². The Kier molecular flexibility index (Phi) is 4.59. The highest BCUT2D eigenvalue weighted by molar-refractivity contribution is 5.53. The van der Waals surface area contributed by atoms with Gasteiger partial charge in [-0.1, -0.05) is 13.0 Å². The molecule has 0 aliphatic rings. The van der Waals surface area contributed by atoms with E-state index in [2.05, 4.69) is 6.08 Å². The number of allylic oxidation sites excluding steroid dienone is 2. The molecular weight excluding hydrogens is 138 g/mol. The molecule has 0 saturated carbocycles. The van der Waals surface area contributed by atoms with Crippen molar-refractivity contribution in [1.82, 2.24) is 4.90 Å². The second-order valence-electron chi connectivity index (χ2n) is 3.09. The van der Waals surface area contributed by atoms with Crippen LogP contribution in [0.2, 0.25) is 0 Å². The molecule has 0 radical (unpaired) electrons. The summed E-state index contributed by atoms with van der Waals surface area (Å²) < 4.78 is 0. The van der Waals surface area contributed by atoms with E-state index in [0.29, 0.717) is 0 Å². The van der Waals surface area contributed by atoms with E-state index < -0.39 is 0 Å². The minimum absolute atomic E-state index is 0.143. The molecule has 2 nitrogen and oxygen atoms in total. The Labute approximate surface area is 68.9 Å². The number of hydrogen-bond donors (Lipinski definition) is 0. The minimum atomic E-state index is 0.143. The summed E-state index contributed by atoms with van der Waals surface area (Å²) in [6, 6.07) is 0. The first-order valence-electron chi connectivity index (χ1n) is 3.87. The maximum Gasteiger partial charge on any atom is 0.123 e. The molecule has 0 spiro atoms. The molecule has 1 atom stereocenters. The first kappa shape index (κ1) is 10.2. The average Bonchev–Trinajstić information content (AvgIpc) is 1.99. The zero-order valence-corrected chi connectivity index (χ0v) is 7.79. The predicted octanol–water partition coefficient (Wildman–Crippen LogP) is 1.68. The van der Waals surface area contributed by atoms with E-state index >= 15 is 0 Å². The molecule has 0 aromatic carbocycles. The van der Waals surface area contributed by atoms with Crippen LogP contribution in [0, 0.1) is 5.92 Å². The molecule has 0 fully saturated rings. The molecule has 0 heterocycles. The summed E-state index contributed by atoms with van der Waals surface area (Å²) in [7, 11) is 3.99. The molecule has 0 amide bonds. The molecule has 0 aliphatic carbocycles. The Morgan fingerprint density at radius 3 is 2.45 bits per heavy atom. The highest BCUT2D eigenvalue weighted by Crippen LogP contribution is 2.03. The maximum atomic E-state index is 10.2. The smallest absolute Gasteiger partial charge is 0.123 e. The van der Waals surface area contributed by atoms with Crippen LogP contribution in [0.5, 0.6) is 0 Å². The van der Waals surface area contributed by atoms with Crippen molar-refractivity contribution in [3.05, 3.63) is 11.8 Å². The number of aldehydes is 1. The lowest BCUT2D eigenvalue weighted by molar-refractivity contribution is -0.110. The van der Waals surface area contributed by atoms with Crippen molar-refractivity contribution in [2.45, 2.75) is 20.3 Å². The Morgan fingerprint density at radius 2 is 2.09 bits per heavy atom. The lowest BCUT2D eigenvalue weighted by Crippen LogP contribution is -2.08. The fourth-order valence-electron chi connectivity index (χ4n) is 0.595. The largest absolute Gasteiger partial charge is 0.381 e. The van der Waals surface area contributed by atoms with Crippen LogP contribution in [-0.2, 0) is 4.79 Å². The fraction of sp³-hybridized carbons (Fsp3) is 0.667. The molecule has 11 heavy (non-hydrogen) atoms. The molecule has 2 heteroatoms. The van der Waals surface area contributed by atoms with Gasteiger partial charge in [0.15, 0.2) is 0 Å². The third-order valence-corrected chi connectivity index (χ3v) is 1.72. The summed E-state index contributed by atoms with van der Waals surface area (Å²) in [5.74, 6) is 0.143. The molecule has 1 unspecified atom stereocenters. The molecule has 0 saturated heterocycles. The molecule has 0 rings (SSSR count). The maximum absolute atomic E-state index is 10.2. The highest BCUT2D eigenvalue weighted by Gasteiger charge is 1.96. The molecule has 0 bridgehead atoms. The van der Waals surface area contributed by atoms with Crippen LogP contribution in [-0.4, -0.2) is 25.3 Å². The van der Waals surface area contributed by atoms with Crippen LogP contribution in [0.25, 0.3) is 0 Å². The third kappa shape index (κ3) is 4.59. The Hall–Kier alpha value is -0.790. The standard InChI is InChI=1S/C9H17NO/c1-8(7-11)5-6-9(2)10(3)4/h6-8H,5H2,1-4H3/b9-6+. The average molecular weight is 155 g/mol. The van der Waals surface area contributed by atoms with Crippen LogP contribution in [0.3, 0.4) is 0 Å². The lowest BCUT2D eigenvalue weighted by atomic mass is 10.1. The van der Waals surface area contributed by atoms with Gasteiger partial charge >= 0.3 is 0 Å². The van der Waals surface area contributed by atoms with Gasteiger partial charge in [-0.15, -0.1) is 0 Å². The SMILES string of the molecule is C/C(=C\CC(C)C=O)N(C)C. The molecule has 0 N–H and O–H groups in total. The Morgan fingerprint density at radius 1 is 1.55 bits per heavy atom. The van der Waals surface area contributed by atoms with Gasteiger partial charge < -0.3 is 9.69 Å². The topological polar surface area (TPSA) is 20.3 Å². The third-order valence-electron chi connectivity index (χ3n) is 1.72. The van der Waals surface area contributed by atoms with Gasteiger partial charge in [0.05, 0.1) is 0 Å². The number of nitrogens with zero attached hydrogens (tertiary/aromatic N) is 1. The van der Waals surface area contributed by atoms with E-state index in [0.717, 1.165) is 12.7 Å². The number of carbonyl (C=O) groups is 1. The molecule has 64 valence electrons. The summed E-state index contributed by atoms with van der Waals surface area (Å²) in [5.41, 5.74) is 1.21. The Balaban J connectivity index is 3.81. The summed E-state index contributed by atoms with van der Waals surface area (Å²) in [4.78, 5) is 12.3. The van der Waals surface area contributed by atoms with E-state index in [1.165, 1.54) is 5.70 Å². The van der Waals surface area contributed by atoms with Gasteiger partial charge in [0.2, 0.25) is 0 Å². The van der Waals surface area contributed by atoms with Crippen molar-refractivity contribution < 1.29 is 4.79 Å². The lowest BCUT2D eigenvalue weighted by Gasteiger charge is -2.12. The van der Waals surface area contributed by atoms with Gasteiger partial charge in [0.25, 0.3) is 0 Å². The van der Waals surface area contributed by atoms with Gasteiger partial charge in [-0.3, -0.25) is 0 Å². The summed E-state index contributed by atoms with van der Waals surface area (Å²) >= 11 is 0. The first-order valence-corrected chi connectivity index (χ1v) is 3.87. The Bertz CT molecular complexity index is 150. The quantitative estimate of drug-likeness (QED) is 0.576. The van der Waals surface area contributed by atoms with Gasteiger partial charge in [0, 0.05) is 25.7 Å². The van der Waals surface area contributed by atoms with Gasteiger partial charge in [0.1, 0.15) is 6.29 Å². The second-order valence-corrected chi connectivity index (χ2v) is 3.09. The van der Waals surface area contributed by atoms with Crippen molar-refractivity contribution in [1.29, 1.82) is 0 Å². The molecule has 0 aliphatic heterocycles. The van der Waals surface area contributed by atoms with Crippen molar-refractivity contribution in [3.63, 3.8) is 0 Å². The van der Waals surface area contributed by atoms with Crippen LogP contribution >= 0.6 is 0 Å². The van der Waals surface area contributed by atoms with Crippen molar-refractivity contribution >= 4 is 6.29 Å². The van der Waals surface area contributed by atoms with E-state index in [9.17, 15) is 4.79 Å². The van der Waals surface area contributed by atoms with Crippen LogP contribution in [0.4, 0.5) is 0 Å². The number of rotatable bonds is 4. The van der Waals surface area contributed by atoms with Crippen LogP contribution in [0.1, 0.15) is 20.3 Å². The van der Waals surface area contributed by atoms with Crippen molar-refractivity contribution in [2.75, 3.05) is 14.1 Å². The van der Waals surface area contributed by atoms with Gasteiger partial charge in [-0.2, -0.15) is 0 Å². The molecular formula is C9H17NO. The van der Waals surface area contributed by atoms with Crippen molar-refractivity contribution in [3.8, 4) is 0 Å². The minimum Gasteiger partial charge on any atom is -0.381 e.